The molecule has 1 aromatic rings. The minimum atomic E-state index is -0.428. The minimum Gasteiger partial charge on any atom is -0.380 e. The molecule has 0 aromatic heterocycles. The van der Waals surface area contributed by atoms with Crippen molar-refractivity contribution in [3.63, 3.8) is 0 Å². The van der Waals surface area contributed by atoms with Gasteiger partial charge in [-0.05, 0) is 44.9 Å². The van der Waals surface area contributed by atoms with Gasteiger partial charge < -0.3 is 10.1 Å². The zero-order chi connectivity index (χ0) is 13.2. The van der Waals surface area contributed by atoms with Crippen LogP contribution in [0.15, 0.2) is 24.3 Å². The zero-order valence-corrected chi connectivity index (χ0v) is 11.2. The normalized spacial score (nSPS) is 23.7. The van der Waals surface area contributed by atoms with Gasteiger partial charge in [-0.2, -0.15) is 5.26 Å². The Morgan fingerprint density at radius 1 is 1.33 bits per heavy atom. The topological polar surface area (TPSA) is 45.0 Å². The Labute approximate surface area is 109 Å². The van der Waals surface area contributed by atoms with Crippen LogP contribution in [0.5, 0.6) is 0 Å². The first-order chi connectivity index (χ1) is 8.53. The van der Waals surface area contributed by atoms with E-state index in [9.17, 15) is 0 Å². The van der Waals surface area contributed by atoms with E-state index < -0.39 is 5.41 Å². The number of benzene rings is 1. The highest BCUT2D eigenvalue weighted by molar-refractivity contribution is 5.48. The lowest BCUT2D eigenvalue weighted by atomic mass is 9.86. The summed E-state index contributed by atoms with van der Waals surface area (Å²) in [6.45, 7) is 6.79. The van der Waals surface area contributed by atoms with Crippen LogP contribution in [-0.2, 0) is 10.2 Å². The molecule has 2 rings (SSSR count). The highest BCUT2D eigenvalue weighted by Gasteiger charge is 2.24. The van der Waals surface area contributed by atoms with Gasteiger partial charge >= 0.3 is 0 Å². The average Bonchev–Trinajstić information content (AvgIpc) is 2.76. The fraction of sp³-hybridized carbons (Fsp3) is 0.533. The zero-order valence-electron chi connectivity index (χ0n) is 11.2. The van der Waals surface area contributed by atoms with Crippen LogP contribution in [0.4, 0.5) is 5.69 Å². The standard InChI is InChI=1S/C15H20N2O/c1-11-14(8-9-18-11)17-13-6-4-12(5-7-13)15(2,3)10-16/h4-7,11,14,17H,8-9H2,1-3H3. The number of nitriles is 1. The van der Waals surface area contributed by atoms with E-state index in [1.54, 1.807) is 0 Å². The van der Waals surface area contributed by atoms with Gasteiger partial charge in [0.1, 0.15) is 0 Å². The van der Waals surface area contributed by atoms with Crippen molar-refractivity contribution in [3.8, 4) is 6.07 Å². The van der Waals surface area contributed by atoms with Gasteiger partial charge in [0.25, 0.3) is 0 Å². The molecule has 0 aliphatic carbocycles. The van der Waals surface area contributed by atoms with E-state index in [1.807, 2.05) is 38.1 Å². The largest absolute Gasteiger partial charge is 0.380 e. The predicted octanol–water partition coefficient (Wildman–Crippen LogP) is 3.08. The molecule has 0 spiro atoms. The molecule has 96 valence electrons. The van der Waals surface area contributed by atoms with Crippen LogP contribution in [0, 0.1) is 11.3 Å². The number of nitrogens with one attached hydrogen (secondary N) is 1. The van der Waals surface area contributed by atoms with Crippen molar-refractivity contribution in [2.75, 3.05) is 11.9 Å². The quantitative estimate of drug-likeness (QED) is 0.888. The second-order valence-corrected chi connectivity index (χ2v) is 5.43. The molecule has 3 heteroatoms. The first-order valence-electron chi connectivity index (χ1n) is 6.43. The van der Waals surface area contributed by atoms with Crippen LogP contribution in [-0.4, -0.2) is 18.8 Å². The van der Waals surface area contributed by atoms with Gasteiger partial charge in [-0.3, -0.25) is 0 Å². The third kappa shape index (κ3) is 2.65. The van der Waals surface area contributed by atoms with Crippen LogP contribution in [0.3, 0.4) is 0 Å². The molecule has 0 amide bonds. The van der Waals surface area contributed by atoms with Crippen LogP contribution in [0.25, 0.3) is 0 Å². The number of hydrogen-bond acceptors (Lipinski definition) is 3. The molecular weight excluding hydrogens is 224 g/mol. The molecule has 0 radical (unpaired) electrons. The van der Waals surface area contributed by atoms with Crippen molar-refractivity contribution < 1.29 is 4.74 Å². The molecule has 1 saturated heterocycles. The lowest BCUT2D eigenvalue weighted by molar-refractivity contribution is 0.121. The molecule has 0 saturated carbocycles. The molecule has 1 aliphatic heterocycles. The lowest BCUT2D eigenvalue weighted by Crippen LogP contribution is -2.26. The number of hydrogen-bond donors (Lipinski definition) is 1. The Morgan fingerprint density at radius 2 is 2.00 bits per heavy atom. The number of rotatable bonds is 3. The van der Waals surface area contributed by atoms with E-state index >= 15 is 0 Å². The third-order valence-electron chi connectivity index (χ3n) is 3.61. The maximum atomic E-state index is 9.10. The van der Waals surface area contributed by atoms with Crippen LogP contribution in [0.1, 0.15) is 32.8 Å². The van der Waals surface area contributed by atoms with Gasteiger partial charge in [-0.25, -0.2) is 0 Å². The van der Waals surface area contributed by atoms with Gasteiger partial charge in [0.05, 0.1) is 23.6 Å². The molecule has 1 aromatic carbocycles. The monoisotopic (exact) mass is 244 g/mol. The van der Waals surface area contributed by atoms with Gasteiger partial charge in [0, 0.05) is 12.3 Å². The molecule has 0 bridgehead atoms. The summed E-state index contributed by atoms with van der Waals surface area (Å²) in [5, 5.41) is 12.6. The van der Waals surface area contributed by atoms with E-state index in [1.165, 1.54) is 0 Å². The highest BCUT2D eigenvalue weighted by Crippen LogP contribution is 2.25. The van der Waals surface area contributed by atoms with Crippen molar-refractivity contribution in [1.82, 2.24) is 0 Å². The Kier molecular flexibility index (Phi) is 3.58. The van der Waals surface area contributed by atoms with Gasteiger partial charge in [-0.1, -0.05) is 12.1 Å². The summed E-state index contributed by atoms with van der Waals surface area (Å²) in [6, 6.07) is 10.8. The molecule has 2 unspecified atom stereocenters. The van der Waals surface area contributed by atoms with E-state index in [-0.39, 0.29) is 6.10 Å². The third-order valence-corrected chi connectivity index (χ3v) is 3.61. The van der Waals surface area contributed by atoms with Gasteiger partial charge in [0.15, 0.2) is 0 Å². The summed E-state index contributed by atoms with van der Waals surface area (Å²) in [7, 11) is 0. The van der Waals surface area contributed by atoms with E-state index in [2.05, 4.69) is 18.3 Å². The van der Waals surface area contributed by atoms with Crippen LogP contribution >= 0.6 is 0 Å². The van der Waals surface area contributed by atoms with Crippen molar-refractivity contribution in [2.24, 2.45) is 0 Å². The molecular formula is C15H20N2O. The number of nitrogens with zero attached hydrogens (tertiary/aromatic N) is 1. The molecule has 1 N–H and O–H groups in total. The second kappa shape index (κ2) is 4.99. The van der Waals surface area contributed by atoms with E-state index in [4.69, 9.17) is 10.00 Å². The first-order valence-corrected chi connectivity index (χ1v) is 6.43. The maximum absolute atomic E-state index is 9.10. The lowest BCUT2D eigenvalue weighted by Gasteiger charge is -2.19. The van der Waals surface area contributed by atoms with Crippen molar-refractivity contribution in [2.45, 2.75) is 44.8 Å². The van der Waals surface area contributed by atoms with Crippen molar-refractivity contribution >= 4 is 5.69 Å². The van der Waals surface area contributed by atoms with Crippen LogP contribution in [0.2, 0.25) is 0 Å². The summed E-state index contributed by atoms with van der Waals surface area (Å²) < 4.78 is 5.53. The predicted molar refractivity (Wildman–Crippen MR) is 72.5 cm³/mol. The Hall–Kier alpha value is -1.53. The van der Waals surface area contributed by atoms with E-state index in [0.29, 0.717) is 6.04 Å². The Balaban J connectivity index is 2.07. The smallest absolute Gasteiger partial charge is 0.0766 e. The Bertz CT molecular complexity index is 445. The summed E-state index contributed by atoms with van der Waals surface area (Å²) in [4.78, 5) is 0. The van der Waals surface area contributed by atoms with Gasteiger partial charge in [0.2, 0.25) is 0 Å². The fourth-order valence-electron chi connectivity index (χ4n) is 2.18. The fourth-order valence-corrected chi connectivity index (χ4v) is 2.18. The highest BCUT2D eigenvalue weighted by atomic mass is 16.5. The average molecular weight is 244 g/mol. The number of anilines is 1. The minimum absolute atomic E-state index is 0.264. The molecule has 1 heterocycles. The summed E-state index contributed by atoms with van der Waals surface area (Å²) in [5.41, 5.74) is 1.71. The molecule has 2 atom stereocenters. The first kappa shape index (κ1) is 12.9. The summed E-state index contributed by atoms with van der Waals surface area (Å²) in [5.74, 6) is 0. The SMILES string of the molecule is CC1OCCC1Nc1ccc(C(C)(C)C#N)cc1. The molecule has 3 nitrogen and oxygen atoms in total. The maximum Gasteiger partial charge on any atom is 0.0766 e. The molecule has 1 aliphatic rings. The van der Waals surface area contributed by atoms with Crippen molar-refractivity contribution in [1.29, 1.82) is 5.26 Å². The summed E-state index contributed by atoms with van der Waals surface area (Å²) in [6.07, 6.45) is 1.31. The summed E-state index contributed by atoms with van der Waals surface area (Å²) >= 11 is 0. The van der Waals surface area contributed by atoms with E-state index in [0.717, 1.165) is 24.3 Å². The van der Waals surface area contributed by atoms with Crippen LogP contribution < -0.4 is 5.32 Å². The molecule has 1 fully saturated rings. The molecule has 18 heavy (non-hydrogen) atoms. The van der Waals surface area contributed by atoms with Gasteiger partial charge in [-0.15, -0.1) is 0 Å². The number of ether oxygens (including phenoxy) is 1. The Morgan fingerprint density at radius 3 is 2.50 bits per heavy atom. The van der Waals surface area contributed by atoms with Crippen molar-refractivity contribution in [3.05, 3.63) is 29.8 Å². The second-order valence-electron chi connectivity index (χ2n) is 5.43.